The molecule has 3 aliphatic rings. The highest BCUT2D eigenvalue weighted by atomic mass is 35.5. The molecule has 0 bridgehead atoms. The highest BCUT2D eigenvalue weighted by Crippen LogP contribution is 2.48. The number of aliphatic hydroxyl groups is 4. The number of carbonyl (C=O) groups is 4. The molecule has 0 aliphatic carbocycles. The van der Waals surface area contributed by atoms with Crippen molar-refractivity contribution in [2.75, 3.05) is 83.9 Å². The smallest absolute Gasteiger partial charge is 0.497 e. The highest BCUT2D eigenvalue weighted by Gasteiger charge is 2.45. The molecule has 0 saturated carbocycles. The Morgan fingerprint density at radius 1 is 0.852 bits per heavy atom. The van der Waals surface area contributed by atoms with Crippen molar-refractivity contribution in [1.82, 2.24) is 29.8 Å². The summed E-state index contributed by atoms with van der Waals surface area (Å²) in [7, 11) is -5.97. The fourth-order valence-corrected chi connectivity index (χ4v) is 11.0. The Morgan fingerprint density at radius 3 is 2.32 bits per heavy atom. The number of ether oxygens (including phenoxy) is 5. The number of amides is 4. The lowest BCUT2D eigenvalue weighted by Crippen LogP contribution is -2.60. The summed E-state index contributed by atoms with van der Waals surface area (Å²) in [5.41, 5.74) is 1.86. The van der Waals surface area contributed by atoms with Crippen molar-refractivity contribution in [2.24, 2.45) is 0 Å². The van der Waals surface area contributed by atoms with Crippen LogP contribution in [0.2, 0.25) is 0 Å². The third-order valence-corrected chi connectivity index (χ3v) is 15.9. The van der Waals surface area contributed by atoms with Gasteiger partial charge in [0, 0.05) is 90.9 Å². The average Bonchev–Trinajstić information content (AvgIpc) is 4.47. The van der Waals surface area contributed by atoms with Crippen molar-refractivity contribution in [2.45, 2.75) is 54.5 Å². The van der Waals surface area contributed by atoms with Crippen LogP contribution in [0.15, 0.2) is 90.0 Å². The molecule has 4 amide bonds. The van der Waals surface area contributed by atoms with Crippen LogP contribution < -0.4 is 22.7 Å². The summed E-state index contributed by atoms with van der Waals surface area (Å²) in [5.74, 6) is -3.51. The molecule has 6 atom stereocenters. The Balaban J connectivity index is 0.917. The van der Waals surface area contributed by atoms with Crippen LogP contribution in [0.5, 0.6) is 23.0 Å². The van der Waals surface area contributed by atoms with E-state index in [-0.39, 0.29) is 96.7 Å². The molecule has 26 nitrogen and oxygen atoms in total. The maximum Gasteiger partial charge on any atom is 0.501 e. The standard InChI is InChI=1S/C52H56ClN7O19S2/c1-57(13-17-75-18-14-58-27-32(55-56-58)12-16-74-19-15-59-44(62)10-11-45(59)63)50(67)29-4-9-40(76-52-49(66)48(65)47(64)43(28-61)77-52)42(22-29)79-81(71,72)78-41-24-39-46(36-23-33(73-2)5-7-35(36)41)31(25-53)26-60(39)51(68)38-21-30-20-34(80(3,69)70)6-8-37(30)54-38/h4-11,20-24,27,31,43,47-49,52,54,61,64-66H,12-19,25-26,28H2,1-3H3/t31-,43-,47+,48+,49-,52-/m1/s1. The molecular weight excluding hydrogens is 1130 g/mol. The first-order chi connectivity index (χ1) is 38.7. The van der Waals surface area contributed by atoms with Crippen LogP contribution in [0.25, 0.3) is 21.7 Å². The summed E-state index contributed by atoms with van der Waals surface area (Å²) < 4.78 is 94.4. The van der Waals surface area contributed by atoms with Crippen molar-refractivity contribution in [1.29, 1.82) is 0 Å². The fourth-order valence-electron chi connectivity index (χ4n) is 9.32. The fraction of sp³-hybridized carbons (Fsp3) is 0.385. The second-order valence-electron chi connectivity index (χ2n) is 19.1. The zero-order chi connectivity index (χ0) is 57.9. The van der Waals surface area contributed by atoms with Gasteiger partial charge in [-0.25, -0.2) is 13.1 Å². The van der Waals surface area contributed by atoms with Gasteiger partial charge >= 0.3 is 10.4 Å². The number of nitrogens with one attached hydrogen (secondary N) is 1. The predicted octanol–water partition coefficient (Wildman–Crippen LogP) is 1.46. The average molecular weight is 1180 g/mol. The number of alkyl halides is 1. The predicted molar refractivity (Wildman–Crippen MR) is 286 cm³/mol. The first kappa shape index (κ1) is 58.4. The number of H-pyrrole nitrogens is 1. The lowest BCUT2D eigenvalue weighted by molar-refractivity contribution is -0.277. The topological polar surface area (TPSA) is 338 Å². The largest absolute Gasteiger partial charge is 0.501 e. The molecule has 4 aromatic carbocycles. The molecule has 29 heteroatoms. The molecule has 6 aromatic rings. The third-order valence-electron chi connectivity index (χ3n) is 13.6. The van der Waals surface area contributed by atoms with Crippen LogP contribution >= 0.6 is 11.6 Å². The molecule has 0 radical (unpaired) electrons. The van der Waals surface area contributed by atoms with E-state index in [0.29, 0.717) is 46.3 Å². The summed E-state index contributed by atoms with van der Waals surface area (Å²) in [6, 6.07) is 15.4. The van der Waals surface area contributed by atoms with E-state index in [4.69, 9.17) is 43.7 Å². The van der Waals surface area contributed by atoms with Crippen LogP contribution in [-0.2, 0) is 57.0 Å². The number of methoxy groups -OCH3 is 1. The number of fused-ring (bicyclic) bond motifs is 4. The Kier molecular flexibility index (Phi) is 17.6. The van der Waals surface area contributed by atoms with Gasteiger partial charge in [0.25, 0.3) is 23.6 Å². The highest BCUT2D eigenvalue weighted by molar-refractivity contribution is 7.90. The van der Waals surface area contributed by atoms with E-state index in [0.717, 1.165) is 23.3 Å². The lowest BCUT2D eigenvalue weighted by Gasteiger charge is -2.39. The van der Waals surface area contributed by atoms with Gasteiger partial charge < -0.3 is 67.3 Å². The first-order valence-corrected chi connectivity index (χ1v) is 28.9. The van der Waals surface area contributed by atoms with Gasteiger partial charge in [-0.2, -0.15) is 0 Å². The van der Waals surface area contributed by atoms with Gasteiger partial charge in [0.2, 0.25) is 6.29 Å². The van der Waals surface area contributed by atoms with Crippen molar-refractivity contribution in [3.63, 3.8) is 0 Å². The lowest BCUT2D eigenvalue weighted by atomic mass is 9.95. The molecule has 2 aromatic heterocycles. The van der Waals surface area contributed by atoms with E-state index in [9.17, 15) is 56.4 Å². The number of aromatic amines is 1. The molecule has 81 heavy (non-hydrogen) atoms. The SMILES string of the molecule is COc1ccc2c(OS(=O)(=O)Oc3cc(C(=O)N(C)CCOCCn4cc(CCOCCN5C(=O)C=CC5=O)nn4)ccc3O[C@@H]3O[C@H](CO)[C@H](O)[C@H](O)[C@H]3O)cc3c(c2c1)[C@H](CCl)CN3C(=O)c1cc2cc(S(C)(=O)=O)ccc2[nH]1. The van der Waals surface area contributed by atoms with E-state index < -0.39 is 86.8 Å². The van der Waals surface area contributed by atoms with Crippen LogP contribution in [0.4, 0.5) is 5.69 Å². The number of aromatic nitrogens is 4. The van der Waals surface area contributed by atoms with E-state index in [1.807, 2.05) is 0 Å². The number of imide groups is 1. The second-order valence-corrected chi connectivity index (χ2v) is 22.6. The van der Waals surface area contributed by atoms with Crippen molar-refractivity contribution >= 4 is 82.8 Å². The van der Waals surface area contributed by atoms with Crippen molar-refractivity contribution in [3.05, 3.63) is 108 Å². The number of carbonyl (C=O) groups excluding carboxylic acids is 4. The van der Waals surface area contributed by atoms with Gasteiger partial charge in [0.05, 0.1) is 69.5 Å². The Bertz CT molecular complexity index is 3610. The second kappa shape index (κ2) is 24.5. The molecule has 0 unspecified atom stereocenters. The molecule has 9 rings (SSSR count). The van der Waals surface area contributed by atoms with Crippen LogP contribution in [0.1, 0.15) is 38.0 Å². The molecule has 1 saturated heterocycles. The number of anilines is 1. The minimum absolute atomic E-state index is 0.0324. The number of likely N-dealkylation sites (N-methyl/N-ethyl adjacent to an activating group) is 1. The Hall–Kier alpha value is -7.25. The van der Waals surface area contributed by atoms with E-state index in [1.54, 1.807) is 23.0 Å². The summed E-state index contributed by atoms with van der Waals surface area (Å²) in [5, 5.41) is 50.9. The van der Waals surface area contributed by atoms with Crippen LogP contribution in [0.3, 0.4) is 0 Å². The van der Waals surface area contributed by atoms with Crippen molar-refractivity contribution < 1.29 is 88.5 Å². The van der Waals surface area contributed by atoms with E-state index in [1.165, 1.54) is 78.6 Å². The molecule has 5 N–H and O–H groups in total. The van der Waals surface area contributed by atoms with E-state index >= 15 is 0 Å². The monoisotopic (exact) mass is 1180 g/mol. The number of hydrogen-bond donors (Lipinski definition) is 5. The van der Waals surface area contributed by atoms with Gasteiger partial charge in [-0.3, -0.25) is 24.1 Å². The zero-order valence-corrected chi connectivity index (χ0v) is 46.0. The van der Waals surface area contributed by atoms with E-state index in [2.05, 4.69) is 15.3 Å². The number of rotatable bonds is 24. The van der Waals surface area contributed by atoms with Crippen LogP contribution in [0, 0.1) is 0 Å². The summed E-state index contributed by atoms with van der Waals surface area (Å²) in [6.07, 6.45) is -3.21. The first-order valence-electron chi connectivity index (χ1n) is 25.1. The number of benzene rings is 4. The number of hydrogen-bond acceptors (Lipinski definition) is 21. The minimum atomic E-state index is -5.30. The number of nitrogens with zero attached hydrogens (tertiary/aromatic N) is 6. The molecule has 5 heterocycles. The maximum atomic E-state index is 14.5. The number of aliphatic hydroxyl groups excluding tert-OH is 4. The molecule has 3 aliphatic heterocycles. The molecule has 1 fully saturated rings. The Morgan fingerprint density at radius 2 is 1.59 bits per heavy atom. The van der Waals surface area contributed by atoms with Gasteiger partial charge in [0.1, 0.15) is 35.9 Å². The normalized spacial score (nSPS) is 20.1. The van der Waals surface area contributed by atoms with Gasteiger partial charge in [-0.1, -0.05) is 5.21 Å². The summed E-state index contributed by atoms with van der Waals surface area (Å²) in [4.78, 5) is 58.6. The number of halogens is 1. The Labute approximate surface area is 468 Å². The zero-order valence-electron chi connectivity index (χ0n) is 43.6. The number of sulfone groups is 1. The molecule has 432 valence electrons. The molecular formula is C52H56ClN7O19S2. The van der Waals surface area contributed by atoms with Gasteiger partial charge in [0.15, 0.2) is 27.1 Å². The quantitative estimate of drug-likeness (QED) is 0.0325. The van der Waals surface area contributed by atoms with Crippen molar-refractivity contribution in [3.8, 4) is 23.0 Å². The maximum absolute atomic E-state index is 14.5. The van der Waals surface area contributed by atoms with Gasteiger partial charge in [-0.05, 0) is 71.6 Å². The van der Waals surface area contributed by atoms with Crippen LogP contribution in [-0.4, -0.2) is 200 Å². The summed E-state index contributed by atoms with van der Waals surface area (Å²) >= 11 is 6.55. The minimum Gasteiger partial charge on any atom is -0.497 e. The van der Waals surface area contributed by atoms with Gasteiger partial charge in [-0.15, -0.1) is 25.1 Å². The molecule has 0 spiro atoms. The summed E-state index contributed by atoms with van der Waals surface area (Å²) in [6.45, 7) is 0.414. The third kappa shape index (κ3) is 12.9.